The Morgan fingerprint density at radius 3 is 3.31 bits per heavy atom. The van der Waals surface area contributed by atoms with E-state index in [9.17, 15) is 4.79 Å². The second kappa shape index (κ2) is 3.29. The Hall–Kier alpha value is -0.570. The SMILES string of the molecule is CC(=O)NCC12CCCC1CNC2. The van der Waals surface area contributed by atoms with Gasteiger partial charge in [0, 0.05) is 25.4 Å². The summed E-state index contributed by atoms with van der Waals surface area (Å²) in [5.74, 6) is 0.909. The van der Waals surface area contributed by atoms with Crippen molar-refractivity contribution in [2.75, 3.05) is 19.6 Å². The number of amides is 1. The second-order valence-electron chi connectivity index (χ2n) is 4.49. The number of fused-ring (bicyclic) bond motifs is 1. The van der Waals surface area contributed by atoms with Crippen LogP contribution in [0.5, 0.6) is 0 Å². The van der Waals surface area contributed by atoms with Gasteiger partial charge in [0.25, 0.3) is 0 Å². The van der Waals surface area contributed by atoms with E-state index in [0.29, 0.717) is 5.41 Å². The molecular weight excluding hydrogens is 164 g/mol. The Bertz CT molecular complexity index is 205. The highest BCUT2D eigenvalue weighted by Crippen LogP contribution is 2.45. The van der Waals surface area contributed by atoms with Gasteiger partial charge in [-0.2, -0.15) is 0 Å². The van der Waals surface area contributed by atoms with Gasteiger partial charge in [0.05, 0.1) is 0 Å². The number of hydrogen-bond donors (Lipinski definition) is 2. The Morgan fingerprint density at radius 1 is 1.69 bits per heavy atom. The number of nitrogens with one attached hydrogen (secondary N) is 2. The molecule has 1 aliphatic carbocycles. The molecule has 2 aliphatic rings. The van der Waals surface area contributed by atoms with Crippen LogP contribution in [0.2, 0.25) is 0 Å². The average Bonchev–Trinajstić information content (AvgIpc) is 2.57. The van der Waals surface area contributed by atoms with Gasteiger partial charge in [-0.1, -0.05) is 6.42 Å². The van der Waals surface area contributed by atoms with E-state index in [4.69, 9.17) is 0 Å². The molecule has 2 fully saturated rings. The van der Waals surface area contributed by atoms with Crippen LogP contribution in [0.25, 0.3) is 0 Å². The molecule has 0 spiro atoms. The van der Waals surface area contributed by atoms with Crippen molar-refractivity contribution in [3.63, 3.8) is 0 Å². The number of hydrogen-bond acceptors (Lipinski definition) is 2. The molecule has 2 rings (SSSR count). The number of rotatable bonds is 2. The van der Waals surface area contributed by atoms with Crippen LogP contribution in [-0.4, -0.2) is 25.5 Å². The fourth-order valence-corrected chi connectivity index (χ4v) is 2.85. The zero-order chi connectivity index (χ0) is 9.31. The summed E-state index contributed by atoms with van der Waals surface area (Å²) >= 11 is 0. The summed E-state index contributed by atoms with van der Waals surface area (Å²) in [6.07, 6.45) is 3.96. The van der Waals surface area contributed by atoms with Crippen LogP contribution in [0.1, 0.15) is 26.2 Å². The minimum absolute atomic E-state index is 0.104. The van der Waals surface area contributed by atoms with Gasteiger partial charge in [0.1, 0.15) is 0 Å². The molecule has 3 heteroatoms. The first kappa shape index (κ1) is 9.00. The highest BCUT2D eigenvalue weighted by atomic mass is 16.1. The van der Waals surface area contributed by atoms with E-state index in [1.165, 1.54) is 19.3 Å². The third kappa shape index (κ3) is 1.57. The first-order chi connectivity index (χ1) is 6.23. The van der Waals surface area contributed by atoms with Crippen LogP contribution in [-0.2, 0) is 4.79 Å². The summed E-state index contributed by atoms with van der Waals surface area (Å²) in [4.78, 5) is 10.9. The van der Waals surface area contributed by atoms with Crippen LogP contribution in [0.4, 0.5) is 0 Å². The van der Waals surface area contributed by atoms with Crippen LogP contribution < -0.4 is 10.6 Å². The summed E-state index contributed by atoms with van der Waals surface area (Å²) < 4.78 is 0. The largest absolute Gasteiger partial charge is 0.356 e. The molecule has 74 valence electrons. The van der Waals surface area contributed by atoms with Crippen molar-refractivity contribution in [1.29, 1.82) is 0 Å². The number of carbonyl (C=O) groups excluding carboxylic acids is 1. The third-order valence-corrected chi connectivity index (χ3v) is 3.65. The van der Waals surface area contributed by atoms with E-state index >= 15 is 0 Å². The molecule has 0 aromatic rings. The molecule has 0 aromatic carbocycles. The first-order valence-corrected chi connectivity index (χ1v) is 5.18. The van der Waals surface area contributed by atoms with E-state index in [0.717, 1.165) is 25.6 Å². The molecule has 1 amide bonds. The van der Waals surface area contributed by atoms with Gasteiger partial charge in [0.15, 0.2) is 0 Å². The van der Waals surface area contributed by atoms with Gasteiger partial charge in [0.2, 0.25) is 5.91 Å². The Balaban J connectivity index is 1.97. The fraction of sp³-hybridized carbons (Fsp3) is 0.900. The first-order valence-electron chi connectivity index (χ1n) is 5.18. The van der Waals surface area contributed by atoms with E-state index in [2.05, 4.69) is 10.6 Å². The predicted molar refractivity (Wildman–Crippen MR) is 51.3 cm³/mol. The van der Waals surface area contributed by atoms with Crippen molar-refractivity contribution in [3.8, 4) is 0 Å². The van der Waals surface area contributed by atoms with E-state index in [1.807, 2.05) is 0 Å². The molecule has 1 heterocycles. The molecule has 3 nitrogen and oxygen atoms in total. The maximum atomic E-state index is 10.9. The average molecular weight is 182 g/mol. The summed E-state index contributed by atoms with van der Waals surface area (Å²) in [7, 11) is 0. The minimum Gasteiger partial charge on any atom is -0.356 e. The van der Waals surface area contributed by atoms with Crippen molar-refractivity contribution in [1.82, 2.24) is 10.6 Å². The van der Waals surface area contributed by atoms with Gasteiger partial charge in [-0.25, -0.2) is 0 Å². The molecule has 0 radical (unpaired) electrons. The lowest BCUT2D eigenvalue weighted by Crippen LogP contribution is -2.39. The Kier molecular flexibility index (Phi) is 2.28. The molecule has 1 aliphatic heterocycles. The summed E-state index contributed by atoms with van der Waals surface area (Å²) in [6.45, 7) is 4.72. The van der Waals surface area contributed by atoms with Gasteiger partial charge in [-0.15, -0.1) is 0 Å². The van der Waals surface area contributed by atoms with Gasteiger partial charge in [-0.3, -0.25) is 4.79 Å². The summed E-state index contributed by atoms with van der Waals surface area (Å²) in [6, 6.07) is 0. The molecule has 2 atom stereocenters. The van der Waals surface area contributed by atoms with E-state index in [1.54, 1.807) is 6.92 Å². The van der Waals surface area contributed by atoms with Crippen LogP contribution in [0.3, 0.4) is 0 Å². The topological polar surface area (TPSA) is 41.1 Å². The van der Waals surface area contributed by atoms with Crippen molar-refractivity contribution in [3.05, 3.63) is 0 Å². The zero-order valence-electron chi connectivity index (χ0n) is 8.23. The lowest BCUT2D eigenvalue weighted by Gasteiger charge is -2.28. The maximum Gasteiger partial charge on any atom is 0.216 e. The molecule has 13 heavy (non-hydrogen) atoms. The lowest BCUT2D eigenvalue weighted by atomic mass is 9.81. The molecule has 1 saturated carbocycles. The van der Waals surface area contributed by atoms with E-state index < -0.39 is 0 Å². The quantitative estimate of drug-likeness (QED) is 0.653. The summed E-state index contributed by atoms with van der Waals surface area (Å²) in [5.41, 5.74) is 0.395. The molecular formula is C10H18N2O. The van der Waals surface area contributed by atoms with E-state index in [-0.39, 0.29) is 5.91 Å². The molecule has 1 saturated heterocycles. The van der Waals surface area contributed by atoms with Crippen LogP contribution >= 0.6 is 0 Å². The van der Waals surface area contributed by atoms with Crippen molar-refractivity contribution < 1.29 is 4.79 Å². The normalized spacial score (nSPS) is 37.5. The maximum absolute atomic E-state index is 10.9. The third-order valence-electron chi connectivity index (χ3n) is 3.65. The molecule has 0 aromatic heterocycles. The monoisotopic (exact) mass is 182 g/mol. The standard InChI is InChI=1S/C10H18N2O/c1-8(13)12-7-10-4-2-3-9(10)5-11-6-10/h9,11H,2-7H2,1H3,(H,12,13). The second-order valence-corrected chi connectivity index (χ2v) is 4.49. The van der Waals surface area contributed by atoms with Crippen molar-refractivity contribution in [2.24, 2.45) is 11.3 Å². The fourth-order valence-electron chi connectivity index (χ4n) is 2.85. The van der Waals surface area contributed by atoms with Crippen molar-refractivity contribution >= 4 is 5.91 Å². The van der Waals surface area contributed by atoms with Gasteiger partial charge in [-0.05, 0) is 25.3 Å². The zero-order valence-corrected chi connectivity index (χ0v) is 8.23. The molecule has 2 unspecified atom stereocenters. The molecule has 2 N–H and O–H groups in total. The molecule has 0 bridgehead atoms. The predicted octanol–water partition coefficient (Wildman–Crippen LogP) is 0.512. The van der Waals surface area contributed by atoms with Crippen molar-refractivity contribution in [2.45, 2.75) is 26.2 Å². The van der Waals surface area contributed by atoms with Crippen LogP contribution in [0, 0.1) is 11.3 Å². The van der Waals surface area contributed by atoms with Crippen LogP contribution in [0.15, 0.2) is 0 Å². The van der Waals surface area contributed by atoms with Gasteiger partial charge < -0.3 is 10.6 Å². The number of carbonyl (C=O) groups is 1. The Morgan fingerprint density at radius 2 is 2.54 bits per heavy atom. The lowest BCUT2D eigenvalue weighted by molar-refractivity contribution is -0.119. The minimum atomic E-state index is 0.104. The highest BCUT2D eigenvalue weighted by molar-refractivity contribution is 5.72. The summed E-state index contributed by atoms with van der Waals surface area (Å²) in [5, 5.41) is 6.41. The highest BCUT2D eigenvalue weighted by Gasteiger charge is 2.45. The Labute approximate surface area is 79.3 Å². The van der Waals surface area contributed by atoms with Gasteiger partial charge >= 0.3 is 0 Å². The smallest absolute Gasteiger partial charge is 0.216 e.